The molecule has 0 aromatic carbocycles. The third kappa shape index (κ3) is 2.93. The molecule has 1 aliphatic rings. The lowest BCUT2D eigenvalue weighted by Gasteiger charge is -2.13. The van der Waals surface area contributed by atoms with Crippen LogP contribution in [0.15, 0.2) is 15.9 Å². The quantitative estimate of drug-likeness (QED) is 0.863. The highest BCUT2D eigenvalue weighted by molar-refractivity contribution is 9.11. The molecule has 1 amide bonds. The molecular weight excluding hydrogens is 300 g/mol. The van der Waals surface area contributed by atoms with Crippen LogP contribution < -0.4 is 5.73 Å². The fourth-order valence-corrected chi connectivity index (χ4v) is 2.91. The second-order valence-corrected chi connectivity index (χ2v) is 5.87. The third-order valence-corrected chi connectivity index (χ3v) is 3.91. The Labute approximate surface area is 107 Å². The maximum atomic E-state index is 11.9. The van der Waals surface area contributed by atoms with Crippen molar-refractivity contribution in [2.45, 2.75) is 12.5 Å². The molecule has 1 aromatic rings. The summed E-state index contributed by atoms with van der Waals surface area (Å²) in [6, 6.07) is 3.90. The average molecular weight is 312 g/mol. The highest BCUT2D eigenvalue weighted by Crippen LogP contribution is 2.24. The minimum atomic E-state index is 0. The summed E-state index contributed by atoms with van der Waals surface area (Å²) in [5.74, 6) is 0.105. The second-order valence-electron chi connectivity index (χ2n) is 3.40. The normalized spacial score (nSPS) is 20.1. The van der Waals surface area contributed by atoms with Crippen LogP contribution in [0.25, 0.3) is 0 Å². The summed E-state index contributed by atoms with van der Waals surface area (Å²) in [5.41, 5.74) is 5.75. The Morgan fingerprint density at radius 3 is 2.80 bits per heavy atom. The van der Waals surface area contributed by atoms with Crippen LogP contribution >= 0.6 is 39.7 Å². The summed E-state index contributed by atoms with van der Waals surface area (Å²) in [4.78, 5) is 14.5. The van der Waals surface area contributed by atoms with Crippen molar-refractivity contribution < 1.29 is 4.79 Å². The highest BCUT2D eigenvalue weighted by Gasteiger charge is 2.25. The number of carbonyl (C=O) groups excluding carboxylic acids is 1. The smallest absolute Gasteiger partial charge is 0.264 e. The standard InChI is InChI=1S/C9H11BrN2OS.ClH/c10-8-2-1-7(14-8)9(13)12-4-3-6(11)5-12;/h1-2,6H,3-5,11H2;1H/t6-;/m0./s1. The lowest BCUT2D eigenvalue weighted by atomic mass is 10.3. The molecule has 0 spiro atoms. The van der Waals surface area contributed by atoms with Crippen molar-refractivity contribution in [2.75, 3.05) is 13.1 Å². The van der Waals surface area contributed by atoms with Crippen molar-refractivity contribution in [3.8, 4) is 0 Å². The molecular formula is C9H12BrClN2OS. The molecule has 1 saturated heterocycles. The van der Waals surface area contributed by atoms with Crippen LogP contribution in [0.1, 0.15) is 16.1 Å². The predicted octanol–water partition coefficient (Wildman–Crippen LogP) is 2.11. The maximum absolute atomic E-state index is 11.9. The number of carbonyl (C=O) groups is 1. The van der Waals surface area contributed by atoms with E-state index in [1.54, 1.807) is 0 Å². The molecule has 0 radical (unpaired) electrons. The van der Waals surface area contributed by atoms with Crippen LogP contribution in [0.3, 0.4) is 0 Å². The van der Waals surface area contributed by atoms with Gasteiger partial charge in [-0.15, -0.1) is 23.7 Å². The van der Waals surface area contributed by atoms with Crippen LogP contribution in [-0.2, 0) is 0 Å². The first-order valence-electron chi connectivity index (χ1n) is 4.47. The van der Waals surface area contributed by atoms with Crippen molar-refractivity contribution in [1.29, 1.82) is 0 Å². The molecule has 3 nitrogen and oxygen atoms in total. The topological polar surface area (TPSA) is 46.3 Å². The van der Waals surface area contributed by atoms with E-state index in [0.717, 1.165) is 21.6 Å². The van der Waals surface area contributed by atoms with Crippen molar-refractivity contribution in [1.82, 2.24) is 4.90 Å². The summed E-state index contributed by atoms with van der Waals surface area (Å²) in [5, 5.41) is 0. The van der Waals surface area contributed by atoms with E-state index in [2.05, 4.69) is 15.9 Å². The molecule has 1 aliphatic heterocycles. The van der Waals surface area contributed by atoms with Gasteiger partial charge in [-0.05, 0) is 34.5 Å². The summed E-state index contributed by atoms with van der Waals surface area (Å²) < 4.78 is 0.990. The number of halogens is 2. The van der Waals surface area contributed by atoms with Crippen LogP contribution in [0, 0.1) is 0 Å². The molecule has 2 N–H and O–H groups in total. The Bertz CT molecular complexity index is 358. The predicted molar refractivity (Wildman–Crippen MR) is 67.8 cm³/mol. The molecule has 2 heterocycles. The van der Waals surface area contributed by atoms with Crippen LogP contribution in [0.5, 0.6) is 0 Å². The van der Waals surface area contributed by atoms with Gasteiger partial charge in [0.15, 0.2) is 0 Å². The molecule has 0 unspecified atom stereocenters. The number of nitrogens with zero attached hydrogens (tertiary/aromatic N) is 1. The number of rotatable bonds is 1. The Hall–Kier alpha value is -0.100. The van der Waals surface area contributed by atoms with Gasteiger partial charge in [-0.3, -0.25) is 4.79 Å². The number of nitrogens with two attached hydrogens (primary N) is 1. The largest absolute Gasteiger partial charge is 0.336 e. The van der Waals surface area contributed by atoms with E-state index in [1.807, 2.05) is 17.0 Å². The molecule has 0 aliphatic carbocycles. The van der Waals surface area contributed by atoms with Gasteiger partial charge in [0.25, 0.3) is 5.91 Å². The monoisotopic (exact) mass is 310 g/mol. The number of amides is 1. The zero-order chi connectivity index (χ0) is 10.1. The number of thiophene rings is 1. The van der Waals surface area contributed by atoms with Crippen LogP contribution in [-0.4, -0.2) is 29.9 Å². The summed E-state index contributed by atoms with van der Waals surface area (Å²) >= 11 is 4.81. The van der Waals surface area contributed by atoms with E-state index in [1.165, 1.54) is 11.3 Å². The zero-order valence-electron chi connectivity index (χ0n) is 7.98. The van der Waals surface area contributed by atoms with E-state index < -0.39 is 0 Å². The van der Waals surface area contributed by atoms with Gasteiger partial charge in [-0.25, -0.2) is 0 Å². The lowest BCUT2D eigenvalue weighted by Crippen LogP contribution is -2.31. The second kappa shape index (κ2) is 5.30. The highest BCUT2D eigenvalue weighted by atomic mass is 79.9. The Balaban J connectivity index is 0.00000112. The summed E-state index contributed by atoms with van der Waals surface area (Å²) in [6.45, 7) is 1.48. The SMILES string of the molecule is Cl.N[C@H]1CCN(C(=O)c2ccc(Br)s2)C1. The fraction of sp³-hybridized carbons (Fsp3) is 0.444. The molecule has 1 fully saturated rings. The summed E-state index contributed by atoms with van der Waals surface area (Å²) in [6.07, 6.45) is 0.915. The first-order valence-corrected chi connectivity index (χ1v) is 6.08. The number of likely N-dealkylation sites (tertiary alicyclic amines) is 1. The first kappa shape index (κ1) is 13.0. The molecule has 0 bridgehead atoms. The van der Waals surface area contributed by atoms with Gasteiger partial charge in [0.05, 0.1) is 8.66 Å². The van der Waals surface area contributed by atoms with E-state index in [4.69, 9.17) is 5.73 Å². The molecule has 15 heavy (non-hydrogen) atoms. The lowest BCUT2D eigenvalue weighted by molar-refractivity contribution is 0.0795. The third-order valence-electron chi connectivity index (χ3n) is 2.30. The average Bonchev–Trinajstić information content (AvgIpc) is 2.73. The van der Waals surface area contributed by atoms with Crippen molar-refractivity contribution >= 4 is 45.6 Å². The van der Waals surface area contributed by atoms with Gasteiger partial charge in [-0.1, -0.05) is 0 Å². The molecule has 1 aromatic heterocycles. The summed E-state index contributed by atoms with van der Waals surface area (Å²) in [7, 11) is 0. The van der Waals surface area contributed by atoms with E-state index >= 15 is 0 Å². The molecule has 0 saturated carbocycles. The van der Waals surface area contributed by atoms with Gasteiger partial charge in [-0.2, -0.15) is 0 Å². The van der Waals surface area contributed by atoms with Crippen LogP contribution in [0.4, 0.5) is 0 Å². The minimum Gasteiger partial charge on any atom is -0.336 e. The Morgan fingerprint density at radius 1 is 1.60 bits per heavy atom. The van der Waals surface area contributed by atoms with Gasteiger partial charge < -0.3 is 10.6 Å². The maximum Gasteiger partial charge on any atom is 0.264 e. The van der Waals surface area contributed by atoms with Gasteiger partial charge in [0.1, 0.15) is 0 Å². The van der Waals surface area contributed by atoms with Crippen molar-refractivity contribution in [3.05, 3.63) is 20.8 Å². The molecule has 2 rings (SSSR count). The van der Waals surface area contributed by atoms with Crippen molar-refractivity contribution in [2.24, 2.45) is 5.73 Å². The fourth-order valence-electron chi connectivity index (χ4n) is 1.56. The Morgan fingerprint density at radius 2 is 2.33 bits per heavy atom. The zero-order valence-corrected chi connectivity index (χ0v) is 11.2. The molecule has 1 atom stereocenters. The van der Waals surface area contributed by atoms with E-state index in [-0.39, 0.29) is 24.4 Å². The number of hydrogen-bond acceptors (Lipinski definition) is 3. The van der Waals surface area contributed by atoms with Gasteiger partial charge >= 0.3 is 0 Å². The van der Waals surface area contributed by atoms with E-state index in [0.29, 0.717) is 6.54 Å². The minimum absolute atomic E-state index is 0. The van der Waals surface area contributed by atoms with Crippen molar-refractivity contribution in [3.63, 3.8) is 0 Å². The van der Waals surface area contributed by atoms with Crippen LogP contribution in [0.2, 0.25) is 0 Å². The van der Waals surface area contributed by atoms with Gasteiger partial charge in [0.2, 0.25) is 0 Å². The van der Waals surface area contributed by atoms with Gasteiger partial charge in [0, 0.05) is 19.1 Å². The molecule has 6 heteroatoms. The molecule has 84 valence electrons. The Kier molecular flexibility index (Phi) is 4.58. The first-order chi connectivity index (χ1) is 6.66. The van der Waals surface area contributed by atoms with E-state index in [9.17, 15) is 4.79 Å². The number of hydrogen-bond donors (Lipinski definition) is 1.